The Morgan fingerprint density at radius 2 is 2.17 bits per heavy atom. The molecule has 0 unspecified atom stereocenters. The molecule has 0 amide bonds. The zero-order chi connectivity index (χ0) is 13.5. The molecular formula is C14H20FNO2. The molecule has 0 N–H and O–H groups in total. The van der Waals surface area contributed by atoms with E-state index >= 15 is 0 Å². The van der Waals surface area contributed by atoms with Crippen molar-refractivity contribution in [1.82, 2.24) is 0 Å². The van der Waals surface area contributed by atoms with Gasteiger partial charge in [0, 0.05) is 25.8 Å². The van der Waals surface area contributed by atoms with Gasteiger partial charge in [-0.1, -0.05) is 19.9 Å². The molecule has 0 saturated carbocycles. The predicted octanol–water partition coefficient (Wildman–Crippen LogP) is 2.75. The molecule has 1 aromatic carbocycles. The molecule has 0 aliphatic rings. The van der Waals surface area contributed by atoms with Gasteiger partial charge in [-0.3, -0.25) is 4.79 Å². The number of rotatable bonds is 7. The third-order valence-electron chi connectivity index (χ3n) is 2.61. The van der Waals surface area contributed by atoms with Crippen LogP contribution in [0.4, 0.5) is 10.1 Å². The summed E-state index contributed by atoms with van der Waals surface area (Å²) in [6.07, 6.45) is 0.693. The highest BCUT2D eigenvalue weighted by Crippen LogP contribution is 2.24. The number of anilines is 1. The van der Waals surface area contributed by atoms with Crippen LogP contribution in [0, 0.1) is 11.7 Å². The van der Waals surface area contributed by atoms with Gasteiger partial charge < -0.3 is 9.64 Å². The van der Waals surface area contributed by atoms with Crippen molar-refractivity contribution < 1.29 is 13.9 Å². The molecule has 4 heteroatoms. The van der Waals surface area contributed by atoms with E-state index in [0.29, 0.717) is 43.2 Å². The topological polar surface area (TPSA) is 29.5 Å². The van der Waals surface area contributed by atoms with Crippen molar-refractivity contribution >= 4 is 12.0 Å². The van der Waals surface area contributed by atoms with Crippen molar-refractivity contribution in [3.63, 3.8) is 0 Å². The number of nitrogens with zero attached hydrogens (tertiary/aromatic N) is 1. The Morgan fingerprint density at radius 1 is 1.44 bits per heavy atom. The fourth-order valence-corrected chi connectivity index (χ4v) is 1.90. The number of hydrogen-bond acceptors (Lipinski definition) is 3. The van der Waals surface area contributed by atoms with E-state index in [1.54, 1.807) is 19.2 Å². The number of carbonyl (C=O) groups is 1. The van der Waals surface area contributed by atoms with Gasteiger partial charge in [0.15, 0.2) is 6.29 Å². The van der Waals surface area contributed by atoms with Crippen molar-refractivity contribution in [3.05, 3.63) is 29.6 Å². The van der Waals surface area contributed by atoms with Gasteiger partial charge in [0.1, 0.15) is 5.82 Å². The van der Waals surface area contributed by atoms with Gasteiger partial charge in [-0.2, -0.15) is 0 Å². The maximum atomic E-state index is 13.9. The summed E-state index contributed by atoms with van der Waals surface area (Å²) in [5.41, 5.74) is 0.755. The number of para-hydroxylation sites is 1. The van der Waals surface area contributed by atoms with E-state index in [-0.39, 0.29) is 5.82 Å². The number of benzene rings is 1. The van der Waals surface area contributed by atoms with E-state index < -0.39 is 0 Å². The Kier molecular flexibility index (Phi) is 5.78. The molecular weight excluding hydrogens is 233 g/mol. The SMILES string of the molecule is COCCN(CC(C)C)c1c(F)cccc1C=O. The van der Waals surface area contributed by atoms with Crippen molar-refractivity contribution in [2.45, 2.75) is 13.8 Å². The first kappa shape index (κ1) is 14.6. The van der Waals surface area contributed by atoms with Crippen LogP contribution in [-0.4, -0.2) is 33.1 Å². The van der Waals surface area contributed by atoms with Gasteiger partial charge in [0.05, 0.1) is 12.3 Å². The first-order valence-corrected chi connectivity index (χ1v) is 6.07. The first-order valence-electron chi connectivity index (χ1n) is 6.07. The zero-order valence-corrected chi connectivity index (χ0v) is 11.1. The molecule has 1 aromatic rings. The maximum Gasteiger partial charge on any atom is 0.152 e. The minimum Gasteiger partial charge on any atom is -0.383 e. The lowest BCUT2D eigenvalue weighted by molar-refractivity contribution is 0.112. The molecule has 0 aliphatic heterocycles. The molecule has 0 aromatic heterocycles. The van der Waals surface area contributed by atoms with Crippen LogP contribution >= 0.6 is 0 Å². The lowest BCUT2D eigenvalue weighted by Crippen LogP contribution is -2.32. The fourth-order valence-electron chi connectivity index (χ4n) is 1.90. The van der Waals surface area contributed by atoms with Crippen LogP contribution in [0.1, 0.15) is 24.2 Å². The van der Waals surface area contributed by atoms with Gasteiger partial charge in [-0.25, -0.2) is 4.39 Å². The number of aldehydes is 1. The van der Waals surface area contributed by atoms with Gasteiger partial charge in [0.25, 0.3) is 0 Å². The van der Waals surface area contributed by atoms with Crippen molar-refractivity contribution in [2.75, 3.05) is 31.7 Å². The minimum absolute atomic E-state index is 0.364. The second kappa shape index (κ2) is 7.11. The first-order chi connectivity index (χ1) is 8.60. The van der Waals surface area contributed by atoms with Crippen LogP contribution in [0.5, 0.6) is 0 Å². The van der Waals surface area contributed by atoms with Gasteiger partial charge >= 0.3 is 0 Å². The van der Waals surface area contributed by atoms with Gasteiger partial charge in [-0.05, 0) is 18.1 Å². The predicted molar refractivity (Wildman–Crippen MR) is 70.7 cm³/mol. The van der Waals surface area contributed by atoms with Crippen LogP contribution in [-0.2, 0) is 4.74 Å². The molecule has 0 heterocycles. The third-order valence-corrected chi connectivity index (χ3v) is 2.61. The smallest absolute Gasteiger partial charge is 0.152 e. The van der Waals surface area contributed by atoms with E-state index in [1.807, 2.05) is 4.90 Å². The van der Waals surface area contributed by atoms with E-state index in [9.17, 15) is 9.18 Å². The number of ether oxygens (including phenoxy) is 1. The Hall–Kier alpha value is -1.42. The summed E-state index contributed by atoms with van der Waals surface area (Å²) in [4.78, 5) is 12.9. The Bertz CT molecular complexity index is 393. The monoisotopic (exact) mass is 253 g/mol. The average Bonchev–Trinajstić information content (AvgIpc) is 2.34. The van der Waals surface area contributed by atoms with Gasteiger partial charge in [0.2, 0.25) is 0 Å². The normalized spacial score (nSPS) is 10.7. The molecule has 18 heavy (non-hydrogen) atoms. The number of methoxy groups -OCH3 is 1. The highest BCUT2D eigenvalue weighted by atomic mass is 19.1. The van der Waals surface area contributed by atoms with Crippen molar-refractivity contribution in [2.24, 2.45) is 5.92 Å². The maximum absolute atomic E-state index is 13.9. The van der Waals surface area contributed by atoms with Crippen LogP contribution in [0.3, 0.4) is 0 Å². The summed E-state index contributed by atoms with van der Waals surface area (Å²) >= 11 is 0. The molecule has 0 atom stereocenters. The molecule has 0 saturated heterocycles. The molecule has 0 aliphatic carbocycles. The largest absolute Gasteiger partial charge is 0.383 e. The minimum atomic E-state index is -0.364. The lowest BCUT2D eigenvalue weighted by atomic mass is 10.1. The summed E-state index contributed by atoms with van der Waals surface area (Å²) in [5.74, 6) is 0.0114. The number of halogens is 1. The molecule has 3 nitrogen and oxygen atoms in total. The zero-order valence-electron chi connectivity index (χ0n) is 11.1. The summed E-state index contributed by atoms with van der Waals surface area (Å²) in [5, 5.41) is 0. The van der Waals surface area contributed by atoms with Gasteiger partial charge in [-0.15, -0.1) is 0 Å². The molecule has 0 radical (unpaired) electrons. The van der Waals surface area contributed by atoms with Crippen LogP contribution < -0.4 is 4.90 Å². The van der Waals surface area contributed by atoms with Crippen molar-refractivity contribution in [3.8, 4) is 0 Å². The van der Waals surface area contributed by atoms with Crippen LogP contribution in [0.15, 0.2) is 18.2 Å². The summed E-state index contributed by atoms with van der Waals surface area (Å²) in [7, 11) is 1.61. The Labute approximate surface area is 108 Å². The van der Waals surface area contributed by atoms with Crippen molar-refractivity contribution in [1.29, 1.82) is 0 Å². The van der Waals surface area contributed by atoms with E-state index in [2.05, 4.69) is 13.8 Å². The van der Waals surface area contributed by atoms with E-state index in [1.165, 1.54) is 6.07 Å². The highest BCUT2D eigenvalue weighted by molar-refractivity contribution is 5.84. The summed E-state index contributed by atoms with van der Waals surface area (Å²) < 4.78 is 19.0. The number of hydrogen-bond donors (Lipinski definition) is 0. The standard InChI is InChI=1S/C14H20FNO2/c1-11(2)9-16(7-8-18-3)14-12(10-17)5-4-6-13(14)15/h4-6,10-11H,7-9H2,1-3H3. The van der Waals surface area contributed by atoms with Crippen LogP contribution in [0.25, 0.3) is 0 Å². The summed E-state index contributed by atoms with van der Waals surface area (Å²) in [6, 6.07) is 4.56. The third kappa shape index (κ3) is 3.81. The quantitative estimate of drug-likeness (QED) is 0.700. The van der Waals surface area contributed by atoms with E-state index in [0.717, 1.165) is 0 Å². The summed E-state index contributed by atoms with van der Waals surface area (Å²) in [6.45, 7) is 5.86. The fraction of sp³-hybridized carbons (Fsp3) is 0.500. The number of carbonyl (C=O) groups excluding carboxylic acids is 1. The molecule has 0 bridgehead atoms. The second-order valence-corrected chi connectivity index (χ2v) is 4.63. The molecule has 0 fully saturated rings. The second-order valence-electron chi connectivity index (χ2n) is 4.63. The highest BCUT2D eigenvalue weighted by Gasteiger charge is 2.16. The van der Waals surface area contributed by atoms with Crippen LogP contribution in [0.2, 0.25) is 0 Å². The molecule has 100 valence electrons. The molecule has 1 rings (SSSR count). The molecule has 0 spiro atoms. The average molecular weight is 253 g/mol. The Morgan fingerprint density at radius 3 is 2.72 bits per heavy atom. The Balaban J connectivity index is 3.06. The van der Waals surface area contributed by atoms with E-state index in [4.69, 9.17) is 4.74 Å². The lowest BCUT2D eigenvalue weighted by Gasteiger charge is -2.27.